The molecule has 3 rings (SSSR count). The Kier molecular flexibility index (Phi) is 14.5. The first-order valence-corrected chi connectivity index (χ1v) is 10.0. The van der Waals surface area contributed by atoms with Crippen LogP contribution in [0.15, 0.2) is 36.4 Å². The Morgan fingerprint density at radius 1 is 0.425 bits per heavy atom. The minimum atomic E-state index is -1.67. The van der Waals surface area contributed by atoms with E-state index in [1.165, 1.54) is 0 Å². The summed E-state index contributed by atoms with van der Waals surface area (Å²) in [5, 5.41) is 30.1. The maximum atomic E-state index is 12.7. The van der Waals surface area contributed by atoms with Crippen LogP contribution >= 0.6 is 0 Å². The van der Waals surface area contributed by atoms with Gasteiger partial charge >= 0.3 is 17.4 Å². The van der Waals surface area contributed by atoms with Crippen LogP contribution in [0.4, 0.5) is 39.5 Å². The van der Waals surface area contributed by atoms with E-state index in [0.29, 0.717) is 18.2 Å². The molecule has 0 spiro atoms. The van der Waals surface area contributed by atoms with E-state index in [2.05, 4.69) is 0 Å². The second-order valence-electron chi connectivity index (χ2n) is 7.15. The van der Waals surface area contributed by atoms with Gasteiger partial charge in [0.1, 0.15) is 0 Å². The quantitative estimate of drug-likeness (QED) is 0.237. The Hall–Kier alpha value is -4.03. The summed E-state index contributed by atoms with van der Waals surface area (Å²) < 4.78 is 113. The predicted octanol–water partition coefficient (Wildman–Crippen LogP) is 0.808. The summed E-state index contributed by atoms with van der Waals surface area (Å²) in [4.78, 5) is 30.1. The maximum Gasteiger partial charge on any atom is 3.00 e. The van der Waals surface area contributed by atoms with E-state index in [1.807, 2.05) is 0 Å². The van der Waals surface area contributed by atoms with Gasteiger partial charge in [0.05, 0.1) is 0 Å². The second-order valence-corrected chi connectivity index (χ2v) is 7.15. The molecular formula is C24H12AlF9O6. The smallest absolute Gasteiger partial charge is 0.550 e. The van der Waals surface area contributed by atoms with Crippen molar-refractivity contribution in [3.05, 3.63) is 105 Å². The minimum Gasteiger partial charge on any atom is -0.550 e. The van der Waals surface area contributed by atoms with Crippen LogP contribution in [0.1, 0.15) is 16.7 Å². The van der Waals surface area contributed by atoms with Gasteiger partial charge in [0.15, 0.2) is 52.4 Å². The average Bonchev–Trinajstić information content (AvgIpc) is 2.85. The molecule has 0 radical (unpaired) electrons. The van der Waals surface area contributed by atoms with Gasteiger partial charge in [-0.2, -0.15) is 0 Å². The van der Waals surface area contributed by atoms with Crippen molar-refractivity contribution in [2.45, 2.75) is 19.3 Å². The van der Waals surface area contributed by atoms with Crippen molar-refractivity contribution in [1.29, 1.82) is 0 Å². The van der Waals surface area contributed by atoms with Crippen molar-refractivity contribution >= 4 is 35.3 Å². The first kappa shape index (κ1) is 36.0. The van der Waals surface area contributed by atoms with Crippen LogP contribution in [0.5, 0.6) is 0 Å². The summed E-state index contributed by atoms with van der Waals surface area (Å²) in [6.45, 7) is 0. The molecule has 3 aromatic rings. The van der Waals surface area contributed by atoms with E-state index in [4.69, 9.17) is 0 Å². The van der Waals surface area contributed by atoms with Crippen LogP contribution in [0, 0.1) is 52.4 Å². The number of rotatable bonds is 6. The summed E-state index contributed by atoms with van der Waals surface area (Å²) >= 11 is 0. The van der Waals surface area contributed by atoms with Crippen LogP contribution in [0.3, 0.4) is 0 Å². The molecule has 16 heteroatoms. The number of hydrogen-bond acceptors (Lipinski definition) is 6. The molecule has 40 heavy (non-hydrogen) atoms. The fourth-order valence-electron chi connectivity index (χ4n) is 2.57. The average molecular weight is 594 g/mol. The number of halogens is 9. The van der Waals surface area contributed by atoms with Crippen LogP contribution in [-0.4, -0.2) is 35.3 Å². The van der Waals surface area contributed by atoms with Gasteiger partial charge in [0.25, 0.3) is 0 Å². The normalized spacial score (nSPS) is 9.82. The number of carbonyl (C=O) groups excluding carboxylic acids is 3. The third-order valence-electron chi connectivity index (χ3n) is 4.35. The molecule has 210 valence electrons. The number of aliphatic carboxylic acids is 3. The molecule has 0 aliphatic heterocycles. The summed E-state index contributed by atoms with van der Waals surface area (Å²) in [5.41, 5.74) is -1.29. The molecule has 0 amide bonds. The Labute approximate surface area is 229 Å². The van der Waals surface area contributed by atoms with Gasteiger partial charge < -0.3 is 29.7 Å². The van der Waals surface area contributed by atoms with E-state index in [9.17, 15) is 69.2 Å². The van der Waals surface area contributed by atoms with Crippen molar-refractivity contribution in [3.63, 3.8) is 0 Å². The molecular weight excluding hydrogens is 582 g/mol. The van der Waals surface area contributed by atoms with Crippen molar-refractivity contribution in [3.8, 4) is 0 Å². The van der Waals surface area contributed by atoms with Gasteiger partial charge in [-0.1, -0.05) is 18.2 Å². The molecule has 0 fully saturated rings. The SMILES string of the molecule is O=C([O-])Cc1ccc(F)c(F)c1F.O=C([O-])Cc1ccc(F)c(F)c1F.O=C([O-])Cc1ccc(F)c(F)c1F.[Al+3]. The van der Waals surface area contributed by atoms with E-state index < -0.39 is 106 Å². The molecule has 0 saturated carbocycles. The van der Waals surface area contributed by atoms with Crippen LogP contribution < -0.4 is 15.3 Å². The number of carboxylic acid groups (broad SMARTS) is 3. The fraction of sp³-hybridized carbons (Fsp3) is 0.125. The van der Waals surface area contributed by atoms with Gasteiger partial charge in [-0.15, -0.1) is 0 Å². The zero-order valence-corrected chi connectivity index (χ0v) is 20.7. The van der Waals surface area contributed by atoms with Crippen molar-refractivity contribution in [1.82, 2.24) is 0 Å². The molecule has 0 bridgehead atoms. The van der Waals surface area contributed by atoms with Gasteiger partial charge in [-0.3, -0.25) is 0 Å². The van der Waals surface area contributed by atoms with Crippen molar-refractivity contribution < 1.29 is 69.2 Å². The zero-order chi connectivity index (χ0) is 30.0. The summed E-state index contributed by atoms with van der Waals surface area (Å²) in [5.74, 6) is -18.1. The molecule has 0 saturated heterocycles. The number of carboxylic acids is 3. The number of benzene rings is 3. The monoisotopic (exact) mass is 594 g/mol. The summed E-state index contributed by atoms with van der Waals surface area (Å²) in [6.07, 6.45) is -2.32. The molecule has 6 nitrogen and oxygen atoms in total. The number of carbonyl (C=O) groups is 3. The van der Waals surface area contributed by atoms with Crippen molar-refractivity contribution in [2.75, 3.05) is 0 Å². The predicted molar refractivity (Wildman–Crippen MR) is 111 cm³/mol. The summed E-state index contributed by atoms with van der Waals surface area (Å²) in [6, 6.07) is 4.58. The summed E-state index contributed by atoms with van der Waals surface area (Å²) in [7, 11) is 0. The Morgan fingerprint density at radius 2 is 0.625 bits per heavy atom. The van der Waals surface area contributed by atoms with Gasteiger partial charge in [-0.05, 0) is 34.9 Å². The third-order valence-corrected chi connectivity index (χ3v) is 4.35. The molecule has 0 aliphatic rings. The molecule has 0 unspecified atom stereocenters. The zero-order valence-electron chi connectivity index (χ0n) is 19.5. The third kappa shape index (κ3) is 10.6. The molecule has 0 atom stereocenters. The van der Waals surface area contributed by atoms with Crippen LogP contribution in [0.25, 0.3) is 0 Å². The van der Waals surface area contributed by atoms with E-state index >= 15 is 0 Å². The van der Waals surface area contributed by atoms with Gasteiger partial charge in [0.2, 0.25) is 0 Å². The van der Waals surface area contributed by atoms with E-state index in [0.717, 1.165) is 18.2 Å². The topological polar surface area (TPSA) is 120 Å². The second kappa shape index (κ2) is 16.2. The van der Waals surface area contributed by atoms with Crippen LogP contribution in [-0.2, 0) is 33.6 Å². The Bertz CT molecular complexity index is 1220. The standard InChI is InChI=1S/3C8H5F3O2.Al/c3*9-5-2-1-4(3-6(12)13)7(10)8(5)11;/h3*1-2H,3H2,(H,12,13);/q;;;+3/p-3. The number of hydrogen-bond donors (Lipinski definition) is 0. The first-order valence-electron chi connectivity index (χ1n) is 10.0. The van der Waals surface area contributed by atoms with Gasteiger partial charge in [0, 0.05) is 37.2 Å². The molecule has 0 heterocycles. The molecule has 0 N–H and O–H groups in total. The van der Waals surface area contributed by atoms with E-state index in [-0.39, 0.29) is 17.4 Å². The van der Waals surface area contributed by atoms with Crippen molar-refractivity contribution in [2.24, 2.45) is 0 Å². The largest absolute Gasteiger partial charge is 3.00 e. The Morgan fingerprint density at radius 3 is 0.800 bits per heavy atom. The fourth-order valence-corrected chi connectivity index (χ4v) is 2.57. The maximum absolute atomic E-state index is 12.7. The first-order chi connectivity index (χ1) is 18.1. The van der Waals surface area contributed by atoms with Gasteiger partial charge in [-0.25, -0.2) is 39.5 Å². The molecule has 3 aromatic carbocycles. The molecule has 0 aromatic heterocycles. The Balaban J connectivity index is 0.000000563. The van der Waals surface area contributed by atoms with E-state index in [1.54, 1.807) is 0 Å². The minimum absolute atomic E-state index is 0. The molecule has 0 aliphatic carbocycles. The van der Waals surface area contributed by atoms with Crippen LogP contribution in [0.2, 0.25) is 0 Å².